The molecule has 0 aromatic heterocycles. The summed E-state index contributed by atoms with van der Waals surface area (Å²) < 4.78 is 0.209. The van der Waals surface area contributed by atoms with Crippen molar-refractivity contribution in [3.05, 3.63) is 36.9 Å². The minimum Gasteiger partial charge on any atom is -0.275 e. The lowest BCUT2D eigenvalue weighted by molar-refractivity contribution is -0.386. The first-order valence-corrected chi connectivity index (χ1v) is 5.01. The van der Waals surface area contributed by atoms with E-state index < -0.39 is 10.2 Å². The maximum atomic E-state index is 10.9. The zero-order valence-electron chi connectivity index (χ0n) is 7.03. The molecule has 0 saturated heterocycles. The van der Waals surface area contributed by atoms with Crippen LogP contribution in [0.3, 0.4) is 0 Å². The van der Waals surface area contributed by atoms with Crippen LogP contribution in [-0.4, -0.2) is 10.2 Å². The fourth-order valence-electron chi connectivity index (χ4n) is 0.999. The van der Waals surface area contributed by atoms with Gasteiger partial charge >= 0.3 is 0 Å². The molecule has 0 atom stereocenters. The largest absolute Gasteiger partial charge is 0.294 e. The first kappa shape index (κ1) is 11.9. The third-order valence-electron chi connectivity index (χ3n) is 1.59. The number of nitro groups is 1. The molecule has 0 saturated carbocycles. The van der Waals surface area contributed by atoms with Crippen molar-refractivity contribution in [1.82, 2.24) is 0 Å². The number of carbonyl (C=O) groups excluding carboxylic acids is 1. The monoisotopic (exact) mass is 336 g/mol. The van der Waals surface area contributed by atoms with E-state index in [2.05, 4.69) is 0 Å². The molecule has 76 valence electrons. The molecule has 0 unspecified atom stereocenters. The number of nitro benzene ring substituents is 1. The van der Waals surface area contributed by atoms with Gasteiger partial charge < -0.3 is 0 Å². The standard InChI is InChI=1S/C8H2ClIN2O3/c9-8(13)5-1-4(3-11)2-6(10)7(5)12(14)15/h1-2H. The smallest absolute Gasteiger partial charge is 0.275 e. The Labute approximate surface area is 103 Å². The average Bonchev–Trinajstić information content (AvgIpc) is 2.15. The van der Waals surface area contributed by atoms with Crippen molar-refractivity contribution in [3.8, 4) is 6.07 Å². The number of rotatable bonds is 2. The Bertz CT molecular complexity index is 495. The van der Waals surface area contributed by atoms with Gasteiger partial charge in [-0.3, -0.25) is 14.9 Å². The second-order valence-corrected chi connectivity index (χ2v) is 4.00. The predicted molar refractivity (Wildman–Crippen MR) is 60.7 cm³/mol. The number of carbonyl (C=O) groups is 1. The van der Waals surface area contributed by atoms with Crippen LogP contribution in [0.5, 0.6) is 0 Å². The Morgan fingerprint density at radius 2 is 2.20 bits per heavy atom. The molecule has 1 aromatic rings. The van der Waals surface area contributed by atoms with E-state index in [0.717, 1.165) is 6.07 Å². The molecule has 0 amide bonds. The normalized spacial score (nSPS) is 9.40. The van der Waals surface area contributed by atoms with Gasteiger partial charge in [0, 0.05) is 0 Å². The van der Waals surface area contributed by atoms with E-state index in [4.69, 9.17) is 16.9 Å². The minimum atomic E-state index is -0.947. The zero-order valence-corrected chi connectivity index (χ0v) is 9.94. The van der Waals surface area contributed by atoms with E-state index in [1.807, 2.05) is 0 Å². The predicted octanol–water partition coefficient (Wildman–Crippen LogP) is 2.45. The first-order valence-electron chi connectivity index (χ1n) is 3.55. The third-order valence-corrected chi connectivity index (χ3v) is 2.61. The van der Waals surface area contributed by atoms with Crippen LogP contribution in [0, 0.1) is 25.0 Å². The van der Waals surface area contributed by atoms with Crippen molar-refractivity contribution in [1.29, 1.82) is 5.26 Å². The summed E-state index contributed by atoms with van der Waals surface area (Å²) in [5.41, 5.74) is -0.464. The summed E-state index contributed by atoms with van der Waals surface area (Å²) in [6.07, 6.45) is 0. The highest BCUT2D eigenvalue weighted by molar-refractivity contribution is 14.1. The molecule has 15 heavy (non-hydrogen) atoms. The van der Waals surface area contributed by atoms with Crippen LogP contribution in [-0.2, 0) is 0 Å². The van der Waals surface area contributed by atoms with Crippen LogP contribution in [0.4, 0.5) is 5.69 Å². The minimum absolute atomic E-state index is 0.161. The molecule has 7 heteroatoms. The average molecular weight is 336 g/mol. The van der Waals surface area contributed by atoms with E-state index >= 15 is 0 Å². The van der Waals surface area contributed by atoms with Crippen LogP contribution in [0.25, 0.3) is 0 Å². The molecule has 1 aromatic carbocycles. The Morgan fingerprint density at radius 3 is 2.60 bits per heavy atom. The van der Waals surface area contributed by atoms with Gasteiger partial charge in [-0.05, 0) is 46.3 Å². The number of hydrogen-bond acceptors (Lipinski definition) is 4. The molecule has 0 N–H and O–H groups in total. The summed E-state index contributed by atoms with van der Waals surface area (Å²) >= 11 is 6.88. The van der Waals surface area contributed by atoms with Gasteiger partial charge in [-0.25, -0.2) is 0 Å². The topological polar surface area (TPSA) is 84.0 Å². The highest BCUT2D eigenvalue weighted by atomic mass is 127. The Morgan fingerprint density at radius 1 is 1.60 bits per heavy atom. The highest BCUT2D eigenvalue weighted by Crippen LogP contribution is 2.28. The van der Waals surface area contributed by atoms with Crippen molar-refractivity contribution in [2.24, 2.45) is 0 Å². The maximum absolute atomic E-state index is 10.9. The Balaban J connectivity index is 3.58. The van der Waals surface area contributed by atoms with Crippen molar-refractivity contribution < 1.29 is 9.72 Å². The fraction of sp³-hybridized carbons (Fsp3) is 0. The molecule has 0 spiro atoms. The number of hydrogen-bond donors (Lipinski definition) is 0. The zero-order chi connectivity index (χ0) is 11.6. The Kier molecular flexibility index (Phi) is 3.60. The summed E-state index contributed by atoms with van der Waals surface area (Å²) in [4.78, 5) is 20.9. The molecular weight excluding hydrogens is 334 g/mol. The molecule has 0 fully saturated rings. The van der Waals surface area contributed by atoms with Crippen molar-refractivity contribution in [2.45, 2.75) is 0 Å². The summed E-state index contributed by atoms with van der Waals surface area (Å²) in [7, 11) is 0. The van der Waals surface area contributed by atoms with Gasteiger partial charge in [0.1, 0.15) is 5.56 Å². The van der Waals surface area contributed by atoms with E-state index in [1.54, 1.807) is 28.7 Å². The molecule has 0 heterocycles. The summed E-state index contributed by atoms with van der Waals surface area (Å²) in [6, 6.07) is 4.22. The first-order chi connectivity index (χ1) is 6.97. The van der Waals surface area contributed by atoms with E-state index in [9.17, 15) is 14.9 Å². The lowest BCUT2D eigenvalue weighted by Gasteiger charge is -2.00. The van der Waals surface area contributed by atoms with Gasteiger partial charge in [-0.1, -0.05) is 0 Å². The lowest BCUT2D eigenvalue weighted by Crippen LogP contribution is -2.01. The lowest BCUT2D eigenvalue weighted by atomic mass is 10.1. The van der Waals surface area contributed by atoms with Crippen LogP contribution in [0.1, 0.15) is 15.9 Å². The van der Waals surface area contributed by atoms with Gasteiger partial charge in [0.05, 0.1) is 20.1 Å². The summed E-state index contributed by atoms with van der Waals surface area (Å²) in [5.74, 6) is 0. The molecular formula is C8H2ClIN2O3. The molecule has 0 aliphatic rings. The quantitative estimate of drug-likeness (QED) is 0.359. The second kappa shape index (κ2) is 4.55. The molecule has 5 nitrogen and oxygen atoms in total. The van der Waals surface area contributed by atoms with Gasteiger partial charge in [0.2, 0.25) is 0 Å². The SMILES string of the molecule is N#Cc1cc(I)c([N+](=O)[O-])c(C(=O)Cl)c1. The number of nitrogens with zero attached hydrogens (tertiary/aromatic N) is 2. The molecule has 0 radical (unpaired) electrons. The highest BCUT2D eigenvalue weighted by Gasteiger charge is 2.23. The number of benzene rings is 1. The molecule has 0 aliphatic heterocycles. The van der Waals surface area contributed by atoms with Crippen LogP contribution in [0.2, 0.25) is 0 Å². The van der Waals surface area contributed by atoms with Crippen LogP contribution in [0.15, 0.2) is 12.1 Å². The van der Waals surface area contributed by atoms with Gasteiger partial charge in [0.15, 0.2) is 0 Å². The van der Waals surface area contributed by atoms with Crippen LogP contribution < -0.4 is 0 Å². The summed E-state index contributed by atoms with van der Waals surface area (Å²) in [5, 5.41) is 18.3. The van der Waals surface area contributed by atoms with Gasteiger partial charge in [-0.15, -0.1) is 0 Å². The van der Waals surface area contributed by atoms with E-state index in [0.29, 0.717) is 0 Å². The third kappa shape index (κ3) is 2.43. The number of nitriles is 1. The molecule has 0 bridgehead atoms. The second-order valence-electron chi connectivity index (χ2n) is 2.50. The fourth-order valence-corrected chi connectivity index (χ4v) is 1.97. The van der Waals surface area contributed by atoms with E-state index in [1.165, 1.54) is 6.07 Å². The van der Waals surface area contributed by atoms with Crippen molar-refractivity contribution >= 4 is 45.1 Å². The van der Waals surface area contributed by atoms with E-state index in [-0.39, 0.29) is 20.4 Å². The molecule has 1 rings (SSSR count). The number of halogens is 2. The van der Waals surface area contributed by atoms with Crippen molar-refractivity contribution in [3.63, 3.8) is 0 Å². The van der Waals surface area contributed by atoms with Gasteiger partial charge in [-0.2, -0.15) is 5.26 Å². The van der Waals surface area contributed by atoms with Crippen molar-refractivity contribution in [2.75, 3.05) is 0 Å². The van der Waals surface area contributed by atoms with Gasteiger partial charge in [0.25, 0.3) is 10.9 Å². The maximum Gasteiger partial charge on any atom is 0.294 e. The molecule has 0 aliphatic carbocycles. The van der Waals surface area contributed by atoms with Crippen LogP contribution >= 0.6 is 34.2 Å². The Hall–Kier alpha value is -1.20. The summed E-state index contributed by atoms with van der Waals surface area (Å²) in [6.45, 7) is 0.